The topological polar surface area (TPSA) is 55.1 Å². The minimum Gasteiger partial charge on any atom is -0.355 e. The van der Waals surface area contributed by atoms with E-state index in [0.29, 0.717) is 19.0 Å². The van der Waals surface area contributed by atoms with E-state index in [-0.39, 0.29) is 30.2 Å². The molecule has 1 aromatic carbocycles. The Labute approximate surface area is 122 Å². The summed E-state index contributed by atoms with van der Waals surface area (Å²) in [4.78, 5) is 12.3. The van der Waals surface area contributed by atoms with Gasteiger partial charge in [0, 0.05) is 6.54 Å². The van der Waals surface area contributed by atoms with E-state index in [1.54, 1.807) is 0 Å². The smallest absolute Gasteiger partial charge is 0.227 e. The van der Waals surface area contributed by atoms with Gasteiger partial charge in [-0.25, -0.2) is 0 Å². The number of benzene rings is 1. The quantitative estimate of drug-likeness (QED) is 0.843. The number of carbonyl (C=O) groups is 1. The minimum atomic E-state index is -0.0869. The van der Waals surface area contributed by atoms with E-state index in [0.717, 1.165) is 5.56 Å². The molecule has 0 saturated heterocycles. The summed E-state index contributed by atoms with van der Waals surface area (Å²) in [5.41, 5.74) is 6.63. The van der Waals surface area contributed by atoms with E-state index in [2.05, 4.69) is 19.2 Å². The first-order chi connectivity index (χ1) is 8.56. The van der Waals surface area contributed by atoms with Gasteiger partial charge in [-0.2, -0.15) is 0 Å². The van der Waals surface area contributed by atoms with Crippen LogP contribution < -0.4 is 11.1 Å². The summed E-state index contributed by atoms with van der Waals surface area (Å²) in [6, 6.07) is 9.93. The third-order valence-corrected chi connectivity index (χ3v) is 3.13. The highest BCUT2D eigenvalue weighted by Gasteiger charge is 2.23. The zero-order chi connectivity index (χ0) is 13.5. The number of hydrogen-bond acceptors (Lipinski definition) is 2. The van der Waals surface area contributed by atoms with Gasteiger partial charge in [0.25, 0.3) is 0 Å². The van der Waals surface area contributed by atoms with Crippen LogP contribution in [0.1, 0.15) is 32.3 Å². The Morgan fingerprint density at radius 1 is 1.21 bits per heavy atom. The van der Waals surface area contributed by atoms with Gasteiger partial charge in [0.05, 0.1) is 5.92 Å². The van der Waals surface area contributed by atoms with Crippen molar-refractivity contribution in [2.45, 2.75) is 26.7 Å². The van der Waals surface area contributed by atoms with Crippen molar-refractivity contribution in [2.75, 3.05) is 13.1 Å². The highest BCUT2D eigenvalue weighted by atomic mass is 35.5. The van der Waals surface area contributed by atoms with Crippen molar-refractivity contribution < 1.29 is 4.79 Å². The van der Waals surface area contributed by atoms with Crippen molar-refractivity contribution in [3.63, 3.8) is 0 Å². The van der Waals surface area contributed by atoms with Crippen LogP contribution in [0.15, 0.2) is 30.3 Å². The minimum absolute atomic E-state index is 0. The first-order valence-electron chi connectivity index (χ1n) is 6.59. The molecule has 108 valence electrons. The van der Waals surface area contributed by atoms with Crippen LogP contribution in [0.25, 0.3) is 0 Å². The fraction of sp³-hybridized carbons (Fsp3) is 0.533. The van der Waals surface area contributed by atoms with Crippen LogP contribution in [0.4, 0.5) is 0 Å². The van der Waals surface area contributed by atoms with Gasteiger partial charge in [0.1, 0.15) is 0 Å². The van der Waals surface area contributed by atoms with Crippen LogP contribution in [-0.4, -0.2) is 19.0 Å². The van der Waals surface area contributed by atoms with Crippen LogP contribution >= 0.6 is 12.4 Å². The summed E-state index contributed by atoms with van der Waals surface area (Å²) in [7, 11) is 0. The molecule has 2 atom stereocenters. The maximum absolute atomic E-state index is 12.3. The predicted molar refractivity (Wildman–Crippen MR) is 82.5 cm³/mol. The van der Waals surface area contributed by atoms with Crippen LogP contribution in [0.3, 0.4) is 0 Å². The Balaban J connectivity index is 0.00000324. The molecule has 1 amide bonds. The molecule has 3 N–H and O–H groups in total. The van der Waals surface area contributed by atoms with E-state index in [1.807, 2.05) is 37.3 Å². The monoisotopic (exact) mass is 284 g/mol. The van der Waals surface area contributed by atoms with Crippen LogP contribution in [0, 0.1) is 11.8 Å². The van der Waals surface area contributed by atoms with E-state index in [9.17, 15) is 4.79 Å². The lowest BCUT2D eigenvalue weighted by Crippen LogP contribution is -2.36. The second-order valence-corrected chi connectivity index (χ2v) is 5.22. The number of amides is 1. The molecule has 0 heterocycles. The van der Waals surface area contributed by atoms with Crippen LogP contribution in [-0.2, 0) is 4.79 Å². The van der Waals surface area contributed by atoms with Crippen molar-refractivity contribution in [3.05, 3.63) is 35.9 Å². The van der Waals surface area contributed by atoms with Crippen molar-refractivity contribution in [1.82, 2.24) is 5.32 Å². The molecule has 3 nitrogen and oxygen atoms in total. The van der Waals surface area contributed by atoms with Crippen molar-refractivity contribution in [1.29, 1.82) is 0 Å². The summed E-state index contributed by atoms with van der Waals surface area (Å²) in [5.74, 6) is 0.603. The van der Waals surface area contributed by atoms with E-state index in [1.165, 1.54) is 0 Å². The molecule has 0 aliphatic rings. The molecule has 0 aliphatic heterocycles. The highest BCUT2D eigenvalue weighted by molar-refractivity contribution is 5.85. The average Bonchev–Trinajstić information content (AvgIpc) is 2.37. The number of halogens is 1. The van der Waals surface area contributed by atoms with Crippen molar-refractivity contribution in [3.8, 4) is 0 Å². The predicted octanol–water partition coefficient (Wildman–Crippen LogP) is 2.56. The fourth-order valence-corrected chi connectivity index (χ4v) is 1.97. The van der Waals surface area contributed by atoms with E-state index < -0.39 is 0 Å². The third kappa shape index (κ3) is 5.62. The molecule has 0 saturated carbocycles. The molecular weight excluding hydrogens is 260 g/mol. The number of nitrogens with one attached hydrogen (secondary N) is 1. The molecule has 0 aliphatic carbocycles. The zero-order valence-electron chi connectivity index (χ0n) is 11.9. The summed E-state index contributed by atoms with van der Waals surface area (Å²) in [5, 5.41) is 2.99. The molecule has 4 heteroatoms. The average molecular weight is 285 g/mol. The summed E-state index contributed by atoms with van der Waals surface area (Å²) in [6.07, 6.45) is 0. The molecular formula is C15H25ClN2O. The van der Waals surface area contributed by atoms with Crippen LogP contribution in [0.5, 0.6) is 0 Å². The van der Waals surface area contributed by atoms with Crippen molar-refractivity contribution in [2.24, 2.45) is 17.6 Å². The SMILES string of the molecule is CC(CN)CNC(=O)C(c1ccccc1)C(C)C.Cl. The first-order valence-corrected chi connectivity index (χ1v) is 6.59. The number of nitrogens with two attached hydrogens (primary N) is 1. The summed E-state index contributed by atoms with van der Waals surface area (Å²) in [6.45, 7) is 7.42. The van der Waals surface area contributed by atoms with Crippen LogP contribution in [0.2, 0.25) is 0 Å². The number of carbonyl (C=O) groups excluding carboxylic acids is 1. The number of hydrogen-bond donors (Lipinski definition) is 2. The Bertz CT molecular complexity index is 368. The molecule has 1 rings (SSSR count). The Kier molecular flexibility index (Phi) is 8.44. The van der Waals surface area contributed by atoms with Crippen molar-refractivity contribution >= 4 is 18.3 Å². The molecule has 0 fully saturated rings. The van der Waals surface area contributed by atoms with E-state index in [4.69, 9.17) is 5.73 Å². The second-order valence-electron chi connectivity index (χ2n) is 5.22. The van der Waals surface area contributed by atoms with Gasteiger partial charge in [-0.05, 0) is 23.9 Å². The van der Waals surface area contributed by atoms with Gasteiger partial charge in [0.15, 0.2) is 0 Å². The standard InChI is InChI=1S/C15H24N2O.ClH/c1-11(2)14(13-7-5-4-6-8-13)15(18)17-10-12(3)9-16;/h4-8,11-12,14H,9-10,16H2,1-3H3,(H,17,18);1H. The molecule has 2 unspecified atom stereocenters. The van der Waals surface area contributed by atoms with Gasteiger partial charge >= 0.3 is 0 Å². The molecule has 0 aromatic heterocycles. The molecule has 1 aromatic rings. The molecule has 0 spiro atoms. The highest BCUT2D eigenvalue weighted by Crippen LogP contribution is 2.24. The van der Waals surface area contributed by atoms with E-state index >= 15 is 0 Å². The molecule has 0 bridgehead atoms. The zero-order valence-corrected chi connectivity index (χ0v) is 12.7. The lowest BCUT2D eigenvalue weighted by Gasteiger charge is -2.21. The second kappa shape index (κ2) is 8.94. The Morgan fingerprint density at radius 3 is 2.26 bits per heavy atom. The Hall–Kier alpha value is -1.06. The summed E-state index contributed by atoms with van der Waals surface area (Å²) >= 11 is 0. The third-order valence-electron chi connectivity index (χ3n) is 3.13. The largest absolute Gasteiger partial charge is 0.355 e. The van der Waals surface area contributed by atoms with Gasteiger partial charge in [0.2, 0.25) is 5.91 Å². The van der Waals surface area contributed by atoms with Gasteiger partial charge < -0.3 is 11.1 Å². The lowest BCUT2D eigenvalue weighted by atomic mass is 9.87. The maximum Gasteiger partial charge on any atom is 0.227 e. The normalized spacial score (nSPS) is 13.5. The first kappa shape index (κ1) is 17.9. The van der Waals surface area contributed by atoms with Gasteiger partial charge in [-0.15, -0.1) is 12.4 Å². The lowest BCUT2D eigenvalue weighted by molar-refractivity contribution is -0.123. The van der Waals surface area contributed by atoms with Gasteiger partial charge in [-0.3, -0.25) is 4.79 Å². The summed E-state index contributed by atoms with van der Waals surface area (Å²) < 4.78 is 0. The van der Waals surface area contributed by atoms with Gasteiger partial charge in [-0.1, -0.05) is 51.1 Å². The maximum atomic E-state index is 12.3. The molecule has 0 radical (unpaired) electrons. The fourth-order valence-electron chi connectivity index (χ4n) is 1.97. The number of rotatable bonds is 6. The Morgan fingerprint density at radius 2 is 1.79 bits per heavy atom. The molecule has 19 heavy (non-hydrogen) atoms.